The van der Waals surface area contributed by atoms with Gasteiger partial charge in [-0.05, 0) is 49.7 Å². The Morgan fingerprint density at radius 1 is 1.11 bits per heavy atom. The number of carbonyl (C=O) groups excluding carboxylic acids is 2. The van der Waals surface area contributed by atoms with E-state index in [9.17, 15) is 9.59 Å². The molecule has 0 radical (unpaired) electrons. The second-order valence-corrected chi connectivity index (χ2v) is 10.8. The molecule has 0 aromatic heterocycles. The third kappa shape index (κ3) is 3.75. The first-order valence-corrected chi connectivity index (χ1v) is 11.8. The van der Waals surface area contributed by atoms with Crippen molar-refractivity contribution in [2.75, 3.05) is 30.1 Å². The van der Waals surface area contributed by atoms with Crippen molar-refractivity contribution >= 4 is 41.1 Å². The number of amides is 1. The molecular formula is C21H27NO3S2. The third-order valence-corrected chi connectivity index (χ3v) is 10.3. The lowest BCUT2D eigenvalue weighted by atomic mass is 9.67. The van der Waals surface area contributed by atoms with Crippen LogP contribution in [0.2, 0.25) is 0 Å². The summed E-state index contributed by atoms with van der Waals surface area (Å²) in [5.74, 6) is 3.31. The third-order valence-electron chi connectivity index (χ3n) is 6.31. The largest absolute Gasteiger partial charge is 0.455 e. The molecule has 2 aliphatic carbocycles. The van der Waals surface area contributed by atoms with Crippen LogP contribution in [0.4, 0.5) is 5.69 Å². The van der Waals surface area contributed by atoms with Crippen molar-refractivity contribution in [3.05, 3.63) is 30.3 Å². The lowest BCUT2D eigenvalue weighted by Gasteiger charge is -2.51. The zero-order chi connectivity index (χ0) is 18.9. The van der Waals surface area contributed by atoms with Gasteiger partial charge in [-0.25, -0.2) is 0 Å². The summed E-state index contributed by atoms with van der Waals surface area (Å²) in [6.45, 7) is -0.176. The van der Waals surface area contributed by atoms with Gasteiger partial charge in [0.2, 0.25) is 0 Å². The van der Waals surface area contributed by atoms with Crippen LogP contribution in [0.1, 0.15) is 32.1 Å². The minimum absolute atomic E-state index is 0.0393. The topological polar surface area (TPSA) is 46.6 Å². The Labute approximate surface area is 169 Å². The van der Waals surface area contributed by atoms with Crippen molar-refractivity contribution in [3.63, 3.8) is 0 Å². The highest BCUT2D eigenvalue weighted by Crippen LogP contribution is 2.64. The average molecular weight is 406 g/mol. The van der Waals surface area contributed by atoms with E-state index in [-0.39, 0.29) is 24.4 Å². The second-order valence-electron chi connectivity index (χ2n) is 7.81. The van der Waals surface area contributed by atoms with E-state index in [2.05, 4.69) is 23.5 Å². The van der Waals surface area contributed by atoms with Crippen molar-refractivity contribution in [1.29, 1.82) is 0 Å². The number of benzene rings is 1. The van der Waals surface area contributed by atoms with Crippen LogP contribution in [0.3, 0.4) is 0 Å². The predicted octanol–water partition coefficient (Wildman–Crippen LogP) is 4.20. The van der Waals surface area contributed by atoms with E-state index in [1.807, 2.05) is 30.3 Å². The van der Waals surface area contributed by atoms with Crippen molar-refractivity contribution in [2.24, 2.45) is 17.8 Å². The maximum atomic E-state index is 12.7. The summed E-state index contributed by atoms with van der Waals surface area (Å²) in [6.07, 6.45) is 5.61. The summed E-state index contributed by atoms with van der Waals surface area (Å²) >= 11 is 4.28. The molecule has 3 aliphatic rings. The minimum atomic E-state index is -0.191. The van der Waals surface area contributed by atoms with E-state index < -0.39 is 0 Å². The summed E-state index contributed by atoms with van der Waals surface area (Å²) in [6, 6.07) is 9.44. The van der Waals surface area contributed by atoms with Crippen LogP contribution in [0.5, 0.6) is 0 Å². The number of hydrogen-bond acceptors (Lipinski definition) is 5. The first-order chi connectivity index (χ1) is 13.1. The van der Waals surface area contributed by atoms with Gasteiger partial charge in [-0.15, -0.1) is 23.5 Å². The van der Waals surface area contributed by atoms with Gasteiger partial charge >= 0.3 is 5.97 Å². The van der Waals surface area contributed by atoms with Gasteiger partial charge in [0.1, 0.15) is 0 Å². The Kier molecular flexibility index (Phi) is 5.74. The van der Waals surface area contributed by atoms with Crippen LogP contribution in [0.15, 0.2) is 30.3 Å². The predicted molar refractivity (Wildman–Crippen MR) is 112 cm³/mol. The molecule has 1 unspecified atom stereocenters. The average Bonchev–Trinajstić information content (AvgIpc) is 3.15. The summed E-state index contributed by atoms with van der Waals surface area (Å²) in [5, 5.41) is 0. The molecule has 4 nitrogen and oxygen atoms in total. The van der Waals surface area contributed by atoms with Gasteiger partial charge in [-0.3, -0.25) is 9.59 Å². The van der Waals surface area contributed by atoms with Gasteiger partial charge in [0.05, 0.1) is 10.00 Å². The normalized spacial score (nSPS) is 28.7. The highest BCUT2D eigenvalue weighted by atomic mass is 32.2. The molecule has 1 aromatic rings. The monoisotopic (exact) mass is 405 g/mol. The molecule has 2 bridgehead atoms. The number of para-hydroxylation sites is 1. The Morgan fingerprint density at radius 2 is 1.74 bits per heavy atom. The first kappa shape index (κ1) is 19.2. The van der Waals surface area contributed by atoms with E-state index in [4.69, 9.17) is 4.74 Å². The minimum Gasteiger partial charge on any atom is -0.455 e. The Morgan fingerprint density at radius 3 is 2.37 bits per heavy atom. The Hall–Kier alpha value is -1.14. The standard InChI is InChI=1S/C21H27NO3S2/c1-22(18-8-3-2-4-9-18)19(23)14-25-20(24)15-12-16-6-5-7-17(13-15)21(16)26-10-11-27-21/h2-4,8-9,15-17H,5-7,10-14H2,1H3/t15?,16-,17+. The van der Waals surface area contributed by atoms with Crippen molar-refractivity contribution in [2.45, 2.75) is 36.2 Å². The molecule has 27 heavy (non-hydrogen) atoms. The molecule has 2 saturated carbocycles. The summed E-state index contributed by atoms with van der Waals surface area (Å²) in [7, 11) is 1.72. The van der Waals surface area contributed by atoms with Gasteiger partial charge < -0.3 is 9.64 Å². The van der Waals surface area contributed by atoms with Crippen LogP contribution < -0.4 is 4.90 Å². The maximum absolute atomic E-state index is 12.7. The molecule has 4 rings (SSSR count). The molecule has 1 aromatic carbocycles. The van der Waals surface area contributed by atoms with Gasteiger partial charge in [-0.2, -0.15) is 0 Å². The summed E-state index contributed by atoms with van der Waals surface area (Å²) < 4.78 is 5.82. The number of thioether (sulfide) groups is 2. The van der Waals surface area contributed by atoms with Crippen molar-refractivity contribution < 1.29 is 14.3 Å². The highest BCUT2D eigenvalue weighted by Gasteiger charge is 2.55. The highest BCUT2D eigenvalue weighted by molar-refractivity contribution is 8.21. The van der Waals surface area contributed by atoms with E-state index in [1.54, 1.807) is 11.9 Å². The number of hydrogen-bond donors (Lipinski definition) is 0. The summed E-state index contributed by atoms with van der Waals surface area (Å²) in [4.78, 5) is 26.6. The van der Waals surface area contributed by atoms with Gasteiger partial charge in [0.25, 0.3) is 5.91 Å². The summed E-state index contributed by atoms with van der Waals surface area (Å²) in [5.41, 5.74) is 0.808. The van der Waals surface area contributed by atoms with Crippen LogP contribution >= 0.6 is 23.5 Å². The zero-order valence-corrected chi connectivity index (χ0v) is 17.4. The number of nitrogens with zero attached hydrogens (tertiary/aromatic N) is 1. The fourth-order valence-corrected chi connectivity index (χ4v) is 8.88. The molecule has 0 N–H and O–H groups in total. The Balaban J connectivity index is 1.33. The smallest absolute Gasteiger partial charge is 0.309 e. The SMILES string of the molecule is CN(C(=O)COC(=O)C1C[C@H]2CCC[C@@H](C1)C21SCCS1)c1ccccc1. The number of esters is 1. The number of ether oxygens (including phenoxy) is 1. The molecule has 3 fully saturated rings. The molecule has 146 valence electrons. The van der Waals surface area contributed by atoms with E-state index in [1.165, 1.54) is 30.8 Å². The van der Waals surface area contributed by atoms with Crippen molar-refractivity contribution in [1.82, 2.24) is 0 Å². The van der Waals surface area contributed by atoms with Crippen LogP contribution in [-0.4, -0.2) is 41.1 Å². The van der Waals surface area contributed by atoms with Crippen LogP contribution in [0, 0.1) is 17.8 Å². The Bertz CT molecular complexity index is 674. The van der Waals surface area contributed by atoms with Crippen LogP contribution in [-0.2, 0) is 14.3 Å². The molecule has 1 saturated heterocycles. The quantitative estimate of drug-likeness (QED) is 0.703. The molecule has 1 aliphatic heterocycles. The zero-order valence-electron chi connectivity index (χ0n) is 15.8. The molecule has 1 heterocycles. The number of likely N-dealkylation sites (N-methyl/N-ethyl adjacent to an activating group) is 1. The first-order valence-electron chi connectivity index (χ1n) is 9.86. The lowest BCUT2D eigenvalue weighted by molar-refractivity contribution is -0.154. The van der Waals surface area contributed by atoms with Gasteiger partial charge in [-0.1, -0.05) is 24.6 Å². The molecule has 1 amide bonds. The van der Waals surface area contributed by atoms with E-state index in [0.29, 0.717) is 15.9 Å². The fraction of sp³-hybridized carbons (Fsp3) is 0.619. The van der Waals surface area contributed by atoms with Gasteiger partial charge in [0.15, 0.2) is 6.61 Å². The number of anilines is 1. The fourth-order valence-electron chi connectivity index (χ4n) is 4.94. The molecule has 1 spiro atoms. The van der Waals surface area contributed by atoms with Gasteiger partial charge in [0, 0.05) is 24.2 Å². The molecule has 6 heteroatoms. The van der Waals surface area contributed by atoms with E-state index >= 15 is 0 Å². The van der Waals surface area contributed by atoms with Crippen molar-refractivity contribution in [3.8, 4) is 0 Å². The van der Waals surface area contributed by atoms with Crippen LogP contribution in [0.25, 0.3) is 0 Å². The van der Waals surface area contributed by atoms with E-state index in [0.717, 1.165) is 18.5 Å². The number of rotatable bonds is 4. The molecular weight excluding hydrogens is 378 g/mol. The lowest BCUT2D eigenvalue weighted by Crippen LogP contribution is -2.48. The maximum Gasteiger partial charge on any atom is 0.309 e. The number of carbonyl (C=O) groups is 2. The second kappa shape index (κ2) is 8.08. The molecule has 3 atom stereocenters.